The largest absolute Gasteiger partial charge is 0.433 e. The van der Waals surface area contributed by atoms with E-state index in [4.69, 9.17) is 0 Å². The number of hydrogen-bond donors (Lipinski definition) is 1. The fourth-order valence-corrected chi connectivity index (χ4v) is 5.63. The molecule has 0 spiro atoms. The number of benzene rings is 1. The fraction of sp³-hybridized carbons (Fsp3) is 0.304. The SMILES string of the molecule is C[C@H]1C[C@@H](C(=O)NCc2cc(-c3ccc(C(F)(F)F)nc3)ncn2)N(S(=O)(=O)c2ccc(F)cc2)C1. The molecule has 190 valence electrons. The van der Waals surface area contributed by atoms with Crippen LogP contribution in [0.15, 0.2) is 59.9 Å². The molecular formula is C23H21F4N5O3S. The Bertz CT molecular complexity index is 1350. The van der Waals surface area contributed by atoms with E-state index in [2.05, 4.69) is 20.3 Å². The summed E-state index contributed by atoms with van der Waals surface area (Å²) in [5.74, 6) is -1.18. The van der Waals surface area contributed by atoms with E-state index < -0.39 is 39.7 Å². The molecule has 0 bridgehead atoms. The molecule has 1 fully saturated rings. The molecule has 8 nitrogen and oxygen atoms in total. The summed E-state index contributed by atoms with van der Waals surface area (Å²) >= 11 is 0. The minimum atomic E-state index is -4.56. The van der Waals surface area contributed by atoms with E-state index in [1.807, 2.05) is 6.92 Å². The number of hydrogen-bond acceptors (Lipinski definition) is 6. The molecule has 2 aromatic heterocycles. The second-order valence-corrected chi connectivity index (χ2v) is 10.3. The van der Waals surface area contributed by atoms with Crippen LogP contribution in [-0.2, 0) is 27.5 Å². The van der Waals surface area contributed by atoms with Gasteiger partial charge < -0.3 is 5.32 Å². The summed E-state index contributed by atoms with van der Waals surface area (Å²) in [5, 5.41) is 2.67. The molecule has 3 heterocycles. The third-order valence-corrected chi connectivity index (χ3v) is 7.59. The van der Waals surface area contributed by atoms with Crippen LogP contribution in [0.2, 0.25) is 0 Å². The standard InChI is InChI=1S/C23H21F4N5O3S/c1-14-8-20(32(12-14)36(34,35)18-5-3-16(24)4-6-18)22(33)29-11-17-9-19(31-13-30-17)15-2-7-21(28-10-15)23(25,26)27/h2-7,9-10,13-14,20H,8,11-12H2,1H3,(H,29,33)/t14-,20-/m0/s1. The minimum Gasteiger partial charge on any atom is -0.349 e. The number of nitrogens with zero attached hydrogens (tertiary/aromatic N) is 4. The number of amides is 1. The van der Waals surface area contributed by atoms with Crippen LogP contribution >= 0.6 is 0 Å². The van der Waals surface area contributed by atoms with E-state index >= 15 is 0 Å². The van der Waals surface area contributed by atoms with Gasteiger partial charge in [0.15, 0.2) is 0 Å². The van der Waals surface area contributed by atoms with Gasteiger partial charge in [0.25, 0.3) is 0 Å². The average Bonchev–Trinajstić information content (AvgIpc) is 3.25. The predicted octanol–water partition coefficient (Wildman–Crippen LogP) is 3.41. The average molecular weight is 524 g/mol. The van der Waals surface area contributed by atoms with Crippen molar-refractivity contribution >= 4 is 15.9 Å². The molecule has 3 aromatic rings. The Morgan fingerprint density at radius 1 is 1.11 bits per heavy atom. The van der Waals surface area contributed by atoms with Gasteiger partial charge in [0.1, 0.15) is 23.9 Å². The molecule has 1 aliphatic rings. The molecule has 1 N–H and O–H groups in total. The van der Waals surface area contributed by atoms with Crippen molar-refractivity contribution in [2.45, 2.75) is 37.0 Å². The summed E-state index contributed by atoms with van der Waals surface area (Å²) in [4.78, 5) is 24.4. The Balaban J connectivity index is 1.46. The van der Waals surface area contributed by atoms with Crippen LogP contribution in [0.1, 0.15) is 24.7 Å². The highest BCUT2D eigenvalue weighted by molar-refractivity contribution is 7.89. The van der Waals surface area contributed by atoms with E-state index in [0.717, 1.165) is 40.8 Å². The smallest absolute Gasteiger partial charge is 0.349 e. The number of carbonyl (C=O) groups excluding carboxylic acids is 1. The monoisotopic (exact) mass is 523 g/mol. The Morgan fingerprint density at radius 2 is 1.83 bits per heavy atom. The van der Waals surface area contributed by atoms with Gasteiger partial charge in [-0.05, 0) is 54.8 Å². The van der Waals surface area contributed by atoms with E-state index in [1.165, 1.54) is 18.5 Å². The van der Waals surface area contributed by atoms with Crippen molar-refractivity contribution in [1.82, 2.24) is 24.6 Å². The van der Waals surface area contributed by atoms with Crippen LogP contribution < -0.4 is 5.32 Å². The van der Waals surface area contributed by atoms with Gasteiger partial charge in [-0.2, -0.15) is 17.5 Å². The number of aromatic nitrogens is 3. The highest BCUT2D eigenvalue weighted by atomic mass is 32.2. The van der Waals surface area contributed by atoms with Crippen LogP contribution in [-0.4, -0.2) is 46.2 Å². The van der Waals surface area contributed by atoms with Crippen LogP contribution in [0.4, 0.5) is 17.6 Å². The second-order valence-electron chi connectivity index (χ2n) is 8.43. The third-order valence-electron chi connectivity index (χ3n) is 5.70. The molecule has 1 aromatic carbocycles. The highest BCUT2D eigenvalue weighted by Gasteiger charge is 2.42. The maximum Gasteiger partial charge on any atom is 0.433 e. The number of halogens is 4. The third kappa shape index (κ3) is 5.51. The first-order valence-electron chi connectivity index (χ1n) is 10.8. The van der Waals surface area contributed by atoms with E-state index in [0.29, 0.717) is 23.4 Å². The molecule has 0 aliphatic carbocycles. The number of carbonyl (C=O) groups is 1. The fourth-order valence-electron chi connectivity index (χ4n) is 3.91. The summed E-state index contributed by atoms with van der Waals surface area (Å²) in [6.45, 7) is 1.91. The lowest BCUT2D eigenvalue weighted by Crippen LogP contribution is -2.45. The molecule has 0 saturated carbocycles. The van der Waals surface area contributed by atoms with Gasteiger partial charge in [-0.1, -0.05) is 6.92 Å². The molecule has 0 radical (unpaired) electrons. The Hall–Kier alpha value is -3.45. The number of rotatable bonds is 6. The van der Waals surface area contributed by atoms with Gasteiger partial charge in [0.2, 0.25) is 15.9 Å². The molecule has 1 amide bonds. The summed E-state index contributed by atoms with van der Waals surface area (Å²) in [5.41, 5.74) is -0.0180. The lowest BCUT2D eigenvalue weighted by Gasteiger charge is -2.23. The molecular weight excluding hydrogens is 502 g/mol. The second kappa shape index (κ2) is 9.90. The van der Waals surface area contributed by atoms with Gasteiger partial charge >= 0.3 is 6.18 Å². The summed E-state index contributed by atoms with van der Waals surface area (Å²) < 4.78 is 78.8. The zero-order valence-electron chi connectivity index (χ0n) is 18.9. The van der Waals surface area contributed by atoms with Crippen LogP contribution in [0.5, 0.6) is 0 Å². The molecule has 1 aliphatic heterocycles. The van der Waals surface area contributed by atoms with Crippen molar-refractivity contribution in [2.75, 3.05) is 6.54 Å². The summed E-state index contributed by atoms with van der Waals surface area (Å²) in [6, 6.07) is 7.00. The van der Waals surface area contributed by atoms with E-state index in [-0.39, 0.29) is 23.9 Å². The van der Waals surface area contributed by atoms with Crippen molar-refractivity contribution < 1.29 is 30.8 Å². The van der Waals surface area contributed by atoms with Gasteiger partial charge in [0, 0.05) is 18.3 Å². The van der Waals surface area contributed by atoms with Gasteiger partial charge in [-0.25, -0.2) is 22.8 Å². The number of sulfonamides is 1. The maximum absolute atomic E-state index is 13.3. The molecule has 13 heteroatoms. The van der Waals surface area contributed by atoms with Crippen LogP contribution in [0, 0.1) is 11.7 Å². The normalized spacial score (nSPS) is 18.8. The van der Waals surface area contributed by atoms with Crippen molar-refractivity contribution in [3.8, 4) is 11.3 Å². The molecule has 2 atom stereocenters. The minimum absolute atomic E-state index is 0.0578. The lowest BCUT2D eigenvalue weighted by atomic mass is 10.1. The van der Waals surface area contributed by atoms with Crippen LogP contribution in [0.3, 0.4) is 0 Å². The number of alkyl halides is 3. The van der Waals surface area contributed by atoms with Gasteiger partial charge in [-0.3, -0.25) is 9.78 Å². The molecule has 36 heavy (non-hydrogen) atoms. The first-order valence-corrected chi connectivity index (χ1v) is 12.3. The van der Waals surface area contributed by atoms with Crippen LogP contribution in [0.25, 0.3) is 11.3 Å². The number of pyridine rings is 1. The Labute approximate surface area is 204 Å². The topological polar surface area (TPSA) is 105 Å². The van der Waals surface area contributed by atoms with Crippen molar-refractivity contribution in [1.29, 1.82) is 0 Å². The summed E-state index contributed by atoms with van der Waals surface area (Å²) in [6.07, 6.45) is -2.00. The Kier molecular flexibility index (Phi) is 7.05. The predicted molar refractivity (Wildman–Crippen MR) is 120 cm³/mol. The van der Waals surface area contributed by atoms with E-state index in [1.54, 1.807) is 0 Å². The Morgan fingerprint density at radius 3 is 2.47 bits per heavy atom. The number of nitrogens with one attached hydrogen (secondary N) is 1. The molecule has 1 saturated heterocycles. The maximum atomic E-state index is 13.3. The van der Waals surface area contributed by atoms with Gasteiger partial charge in [0.05, 0.1) is 22.8 Å². The first-order chi connectivity index (χ1) is 16.9. The quantitative estimate of drug-likeness (QED) is 0.497. The van der Waals surface area contributed by atoms with E-state index in [9.17, 15) is 30.8 Å². The van der Waals surface area contributed by atoms with Gasteiger partial charge in [-0.15, -0.1) is 0 Å². The van der Waals surface area contributed by atoms with Crippen molar-refractivity contribution in [3.05, 3.63) is 72.2 Å². The first kappa shape index (κ1) is 25.6. The highest BCUT2D eigenvalue weighted by Crippen LogP contribution is 2.30. The molecule has 0 unspecified atom stereocenters. The van der Waals surface area contributed by atoms with Crippen molar-refractivity contribution in [3.63, 3.8) is 0 Å². The lowest BCUT2D eigenvalue weighted by molar-refractivity contribution is -0.141. The zero-order chi connectivity index (χ0) is 26.1. The molecule has 4 rings (SSSR count). The summed E-state index contributed by atoms with van der Waals surface area (Å²) in [7, 11) is -4.03. The zero-order valence-corrected chi connectivity index (χ0v) is 19.7. The van der Waals surface area contributed by atoms with Crippen molar-refractivity contribution in [2.24, 2.45) is 5.92 Å².